The van der Waals surface area contributed by atoms with Gasteiger partial charge in [0.1, 0.15) is 23.7 Å². The Morgan fingerprint density at radius 1 is 1.00 bits per heavy atom. The number of rotatable bonds is 5. The Bertz CT molecular complexity index is 1020. The minimum Gasteiger partial charge on any atom is -0.356 e. The van der Waals surface area contributed by atoms with Crippen LogP contribution in [0.4, 0.5) is 17.5 Å². The first-order valence-corrected chi connectivity index (χ1v) is 11.6. The van der Waals surface area contributed by atoms with Gasteiger partial charge in [-0.15, -0.1) is 21.5 Å². The Balaban J connectivity index is 1.23. The first-order valence-electron chi connectivity index (χ1n) is 10.8. The van der Waals surface area contributed by atoms with E-state index in [1.165, 1.54) is 19.2 Å². The van der Waals surface area contributed by atoms with E-state index in [1.807, 2.05) is 35.7 Å². The van der Waals surface area contributed by atoms with Crippen molar-refractivity contribution in [2.75, 3.05) is 41.3 Å². The van der Waals surface area contributed by atoms with E-state index in [2.05, 4.69) is 35.3 Å². The lowest BCUT2D eigenvalue weighted by Gasteiger charge is -2.32. The number of hydrogen-bond donors (Lipinski definition) is 1. The number of aromatic nitrogens is 4. The first kappa shape index (κ1) is 19.9. The van der Waals surface area contributed by atoms with Gasteiger partial charge in [-0.25, -0.2) is 9.97 Å². The lowest BCUT2D eigenvalue weighted by molar-refractivity contribution is -0.120. The highest BCUT2D eigenvalue weighted by atomic mass is 32.1. The van der Waals surface area contributed by atoms with E-state index in [9.17, 15) is 4.79 Å². The molecule has 0 spiro atoms. The Hall–Kier alpha value is -3.07. The molecule has 3 aromatic rings. The molecule has 160 valence electrons. The van der Waals surface area contributed by atoms with Gasteiger partial charge in [-0.3, -0.25) is 4.79 Å². The van der Waals surface area contributed by atoms with Gasteiger partial charge >= 0.3 is 0 Å². The van der Waals surface area contributed by atoms with Crippen molar-refractivity contribution in [2.24, 2.45) is 5.92 Å². The van der Waals surface area contributed by atoms with E-state index in [0.717, 1.165) is 54.7 Å². The van der Waals surface area contributed by atoms with Crippen LogP contribution in [0.2, 0.25) is 0 Å². The van der Waals surface area contributed by atoms with Crippen molar-refractivity contribution in [1.82, 2.24) is 20.2 Å². The van der Waals surface area contributed by atoms with Crippen molar-refractivity contribution in [3.8, 4) is 10.6 Å². The van der Waals surface area contributed by atoms with Crippen LogP contribution in [0, 0.1) is 5.92 Å². The second-order valence-electron chi connectivity index (χ2n) is 7.98. The fraction of sp³-hybridized carbons (Fsp3) is 0.409. The molecule has 9 heteroatoms. The fourth-order valence-corrected chi connectivity index (χ4v) is 4.90. The molecular weight excluding hydrogens is 410 g/mol. The van der Waals surface area contributed by atoms with E-state index in [0.29, 0.717) is 12.4 Å². The molecule has 8 nitrogen and oxygen atoms in total. The summed E-state index contributed by atoms with van der Waals surface area (Å²) < 4.78 is 0. The van der Waals surface area contributed by atoms with Crippen molar-refractivity contribution < 1.29 is 4.79 Å². The van der Waals surface area contributed by atoms with Gasteiger partial charge in [0.15, 0.2) is 5.82 Å². The summed E-state index contributed by atoms with van der Waals surface area (Å²) in [6, 6.07) is 9.92. The Labute approximate surface area is 185 Å². The zero-order valence-electron chi connectivity index (χ0n) is 17.3. The smallest absolute Gasteiger partial charge is 0.230 e. The zero-order valence-corrected chi connectivity index (χ0v) is 18.1. The highest BCUT2D eigenvalue weighted by Gasteiger charge is 2.27. The van der Waals surface area contributed by atoms with E-state index < -0.39 is 0 Å². The van der Waals surface area contributed by atoms with Crippen LogP contribution in [0.3, 0.4) is 0 Å². The Kier molecular flexibility index (Phi) is 5.75. The van der Waals surface area contributed by atoms with E-state index >= 15 is 0 Å². The number of amides is 1. The molecule has 2 aliphatic heterocycles. The van der Waals surface area contributed by atoms with Crippen LogP contribution in [0.1, 0.15) is 25.7 Å². The predicted octanol–water partition coefficient (Wildman–Crippen LogP) is 3.45. The van der Waals surface area contributed by atoms with Crippen molar-refractivity contribution in [1.29, 1.82) is 0 Å². The molecule has 2 fully saturated rings. The van der Waals surface area contributed by atoms with Crippen molar-refractivity contribution >= 4 is 34.7 Å². The number of piperidine rings is 1. The maximum atomic E-state index is 12.9. The highest BCUT2D eigenvalue weighted by molar-refractivity contribution is 7.13. The molecule has 1 atom stereocenters. The van der Waals surface area contributed by atoms with E-state index in [1.54, 1.807) is 11.3 Å². The van der Waals surface area contributed by atoms with Gasteiger partial charge in [0, 0.05) is 32.2 Å². The predicted molar refractivity (Wildman–Crippen MR) is 122 cm³/mol. The molecule has 0 radical (unpaired) electrons. The minimum absolute atomic E-state index is 0.000984. The molecule has 31 heavy (non-hydrogen) atoms. The second kappa shape index (κ2) is 8.97. The van der Waals surface area contributed by atoms with Gasteiger partial charge in [0.05, 0.1) is 10.8 Å². The molecule has 1 amide bonds. The van der Waals surface area contributed by atoms with Gasteiger partial charge in [-0.05, 0) is 49.3 Å². The summed E-state index contributed by atoms with van der Waals surface area (Å²) in [5, 5.41) is 13.8. The molecule has 0 bridgehead atoms. The van der Waals surface area contributed by atoms with Crippen LogP contribution in [-0.2, 0) is 4.79 Å². The Morgan fingerprint density at radius 3 is 2.65 bits per heavy atom. The average molecular weight is 436 g/mol. The molecule has 0 unspecified atom stereocenters. The summed E-state index contributed by atoms with van der Waals surface area (Å²) in [7, 11) is 0. The SMILES string of the molecule is O=C(Nc1cc(N2CCCC2)ncn1)[C@H]1CCCN(c2ccc(-c3cccs3)nn2)C1. The molecule has 0 aromatic carbocycles. The van der Waals surface area contributed by atoms with Gasteiger partial charge < -0.3 is 15.1 Å². The van der Waals surface area contributed by atoms with Crippen LogP contribution in [0.15, 0.2) is 42.0 Å². The average Bonchev–Trinajstić information content (AvgIpc) is 3.54. The summed E-state index contributed by atoms with van der Waals surface area (Å²) in [5.41, 5.74) is 0.877. The van der Waals surface area contributed by atoms with Crippen LogP contribution < -0.4 is 15.1 Å². The van der Waals surface area contributed by atoms with Gasteiger partial charge in [-0.1, -0.05) is 6.07 Å². The topological polar surface area (TPSA) is 87.1 Å². The third-order valence-electron chi connectivity index (χ3n) is 5.87. The third kappa shape index (κ3) is 4.51. The summed E-state index contributed by atoms with van der Waals surface area (Å²) in [6.07, 6.45) is 5.69. The van der Waals surface area contributed by atoms with Crippen LogP contribution >= 0.6 is 11.3 Å². The molecule has 0 saturated carbocycles. The molecular formula is C22H25N7OS. The van der Waals surface area contributed by atoms with Crippen LogP contribution in [-0.4, -0.2) is 52.3 Å². The monoisotopic (exact) mass is 435 g/mol. The number of carbonyl (C=O) groups is 1. The Morgan fingerprint density at radius 2 is 1.87 bits per heavy atom. The van der Waals surface area contributed by atoms with Crippen molar-refractivity contribution in [2.45, 2.75) is 25.7 Å². The van der Waals surface area contributed by atoms with E-state index in [4.69, 9.17) is 0 Å². The number of thiophene rings is 1. The van der Waals surface area contributed by atoms with Crippen molar-refractivity contribution in [3.05, 3.63) is 42.0 Å². The molecule has 3 aromatic heterocycles. The number of anilines is 3. The third-order valence-corrected chi connectivity index (χ3v) is 6.77. The molecule has 0 aliphatic carbocycles. The van der Waals surface area contributed by atoms with Gasteiger partial charge in [0.2, 0.25) is 5.91 Å². The van der Waals surface area contributed by atoms with Gasteiger partial charge in [-0.2, -0.15) is 0 Å². The number of carbonyl (C=O) groups excluding carboxylic acids is 1. The first-order chi connectivity index (χ1) is 15.3. The van der Waals surface area contributed by atoms with Crippen LogP contribution in [0.25, 0.3) is 10.6 Å². The largest absolute Gasteiger partial charge is 0.356 e. The molecule has 1 N–H and O–H groups in total. The summed E-state index contributed by atoms with van der Waals surface area (Å²) in [5.74, 6) is 2.15. The van der Waals surface area contributed by atoms with Crippen molar-refractivity contribution in [3.63, 3.8) is 0 Å². The standard InChI is InChI=1S/C22H25N7OS/c30-22(25-19-13-21(24-15-23-19)28-9-1-2-10-28)16-5-3-11-29(14-16)20-8-7-17(26-27-20)18-6-4-12-31-18/h4,6-8,12-13,15-16H,1-3,5,9-11,14H2,(H,23,24,25,30)/t16-/m0/s1. The number of nitrogens with one attached hydrogen (secondary N) is 1. The van der Waals surface area contributed by atoms with Gasteiger partial charge in [0.25, 0.3) is 0 Å². The molecule has 2 saturated heterocycles. The van der Waals surface area contributed by atoms with E-state index in [-0.39, 0.29) is 11.8 Å². The number of hydrogen-bond acceptors (Lipinski definition) is 8. The minimum atomic E-state index is -0.113. The quantitative estimate of drug-likeness (QED) is 0.657. The second-order valence-corrected chi connectivity index (χ2v) is 8.93. The molecule has 5 heterocycles. The number of nitrogens with zero attached hydrogens (tertiary/aromatic N) is 6. The fourth-order valence-electron chi connectivity index (χ4n) is 4.21. The lowest BCUT2D eigenvalue weighted by atomic mass is 9.97. The highest BCUT2D eigenvalue weighted by Crippen LogP contribution is 2.26. The zero-order chi connectivity index (χ0) is 21.0. The van der Waals surface area contributed by atoms with Crippen LogP contribution in [0.5, 0.6) is 0 Å². The maximum Gasteiger partial charge on any atom is 0.230 e. The lowest BCUT2D eigenvalue weighted by Crippen LogP contribution is -2.41. The molecule has 2 aliphatic rings. The normalized spacial score (nSPS) is 18.9. The summed E-state index contributed by atoms with van der Waals surface area (Å²) >= 11 is 1.65. The summed E-state index contributed by atoms with van der Waals surface area (Å²) in [4.78, 5) is 27.0. The summed E-state index contributed by atoms with van der Waals surface area (Å²) in [6.45, 7) is 3.52. The molecule has 5 rings (SSSR count). The maximum absolute atomic E-state index is 12.9.